The van der Waals surface area contributed by atoms with Crippen molar-refractivity contribution in [1.29, 1.82) is 0 Å². The number of halogens is 1. The van der Waals surface area contributed by atoms with Crippen molar-refractivity contribution in [1.82, 2.24) is 5.43 Å². The monoisotopic (exact) mass is 390 g/mol. The van der Waals surface area contributed by atoms with Gasteiger partial charge in [-0.15, -0.1) is 0 Å². The highest BCUT2D eigenvalue weighted by Crippen LogP contribution is 2.22. The number of carbonyl (C=O) groups is 2. The van der Waals surface area contributed by atoms with Crippen LogP contribution in [-0.2, 0) is 4.79 Å². The Labute approximate surface area is 147 Å². The molecule has 2 aromatic rings. The second-order valence-corrected chi connectivity index (χ2v) is 5.63. The van der Waals surface area contributed by atoms with Gasteiger partial charge in [0.1, 0.15) is 11.5 Å². The number of amides is 1. The van der Waals surface area contributed by atoms with Crippen LogP contribution in [0.4, 0.5) is 0 Å². The van der Waals surface area contributed by atoms with E-state index in [9.17, 15) is 9.59 Å². The highest BCUT2D eigenvalue weighted by atomic mass is 79.9. The van der Waals surface area contributed by atoms with Gasteiger partial charge in [0.05, 0.1) is 18.9 Å². The fraction of sp³-hybridized carbons (Fsp3) is 0.118. The number of rotatable bonds is 5. The van der Waals surface area contributed by atoms with E-state index in [-0.39, 0.29) is 0 Å². The zero-order chi connectivity index (χ0) is 17.5. The lowest BCUT2D eigenvalue weighted by molar-refractivity contribution is -0.131. The number of hydrogen-bond acceptors (Lipinski definition) is 5. The predicted molar refractivity (Wildman–Crippen MR) is 93.5 cm³/mol. The summed E-state index contributed by atoms with van der Waals surface area (Å²) in [5, 5.41) is 3.91. The van der Waals surface area contributed by atoms with Crippen molar-refractivity contribution >= 4 is 34.0 Å². The molecule has 0 aromatic heterocycles. The fourth-order valence-corrected chi connectivity index (χ4v) is 2.27. The van der Waals surface area contributed by atoms with Crippen molar-refractivity contribution < 1.29 is 19.1 Å². The van der Waals surface area contributed by atoms with Crippen molar-refractivity contribution in [3.63, 3.8) is 0 Å². The van der Waals surface area contributed by atoms with Crippen molar-refractivity contribution in [2.24, 2.45) is 5.10 Å². The summed E-state index contributed by atoms with van der Waals surface area (Å²) in [5.41, 5.74) is 3.47. The highest BCUT2D eigenvalue weighted by molar-refractivity contribution is 9.10. The van der Waals surface area contributed by atoms with E-state index in [4.69, 9.17) is 9.47 Å². The molecule has 7 heteroatoms. The molecule has 0 saturated heterocycles. The zero-order valence-corrected chi connectivity index (χ0v) is 14.7. The molecule has 0 fully saturated rings. The molecule has 0 bridgehead atoms. The van der Waals surface area contributed by atoms with E-state index in [0.29, 0.717) is 22.6 Å². The smallest absolute Gasteiger partial charge is 0.308 e. The van der Waals surface area contributed by atoms with Gasteiger partial charge >= 0.3 is 5.97 Å². The van der Waals surface area contributed by atoms with Crippen LogP contribution < -0.4 is 14.9 Å². The van der Waals surface area contributed by atoms with Crippen LogP contribution in [0.3, 0.4) is 0 Å². The van der Waals surface area contributed by atoms with E-state index in [0.717, 1.165) is 4.47 Å². The van der Waals surface area contributed by atoms with E-state index in [2.05, 4.69) is 26.5 Å². The summed E-state index contributed by atoms with van der Waals surface area (Å²) in [7, 11) is 1.49. The van der Waals surface area contributed by atoms with Crippen molar-refractivity contribution in [2.45, 2.75) is 6.92 Å². The average Bonchev–Trinajstić information content (AvgIpc) is 2.54. The van der Waals surface area contributed by atoms with Gasteiger partial charge in [-0.1, -0.05) is 28.1 Å². The summed E-state index contributed by atoms with van der Waals surface area (Å²) < 4.78 is 10.9. The van der Waals surface area contributed by atoms with Crippen LogP contribution in [0, 0.1) is 0 Å². The Morgan fingerprint density at radius 2 is 2.00 bits per heavy atom. The summed E-state index contributed by atoms with van der Waals surface area (Å²) in [4.78, 5) is 23.1. The van der Waals surface area contributed by atoms with Gasteiger partial charge in [-0.2, -0.15) is 5.10 Å². The Bertz CT molecular complexity index is 790. The first kappa shape index (κ1) is 17.7. The fourth-order valence-electron chi connectivity index (χ4n) is 1.91. The molecule has 2 aromatic carbocycles. The Kier molecular flexibility index (Phi) is 6.08. The molecular formula is C17H15BrN2O4. The minimum Gasteiger partial charge on any atom is -0.496 e. The molecule has 1 N–H and O–H groups in total. The van der Waals surface area contributed by atoms with Crippen LogP contribution in [0.5, 0.6) is 11.5 Å². The molecule has 0 unspecified atom stereocenters. The number of hydrogen-bond donors (Lipinski definition) is 1. The van der Waals surface area contributed by atoms with Gasteiger partial charge in [-0.25, -0.2) is 5.43 Å². The molecule has 1 amide bonds. The number of benzene rings is 2. The van der Waals surface area contributed by atoms with Crippen LogP contribution >= 0.6 is 15.9 Å². The maximum Gasteiger partial charge on any atom is 0.308 e. The molecule has 0 atom stereocenters. The highest BCUT2D eigenvalue weighted by Gasteiger charge is 2.11. The molecule has 2 rings (SSSR count). The van der Waals surface area contributed by atoms with Crippen LogP contribution in [0.1, 0.15) is 22.8 Å². The van der Waals surface area contributed by atoms with E-state index >= 15 is 0 Å². The van der Waals surface area contributed by atoms with E-state index in [1.807, 2.05) is 0 Å². The molecule has 0 spiro atoms. The van der Waals surface area contributed by atoms with Gasteiger partial charge in [0.15, 0.2) is 0 Å². The lowest BCUT2D eigenvalue weighted by Crippen LogP contribution is -2.18. The topological polar surface area (TPSA) is 77.0 Å². The Morgan fingerprint density at radius 1 is 1.21 bits per heavy atom. The maximum atomic E-state index is 12.2. The third kappa shape index (κ3) is 4.92. The van der Waals surface area contributed by atoms with Crippen molar-refractivity contribution in [2.75, 3.05) is 7.11 Å². The largest absolute Gasteiger partial charge is 0.496 e. The third-order valence-electron chi connectivity index (χ3n) is 2.91. The van der Waals surface area contributed by atoms with Gasteiger partial charge in [-0.05, 0) is 35.9 Å². The summed E-state index contributed by atoms with van der Waals surface area (Å²) >= 11 is 3.31. The van der Waals surface area contributed by atoms with Gasteiger partial charge in [-0.3, -0.25) is 9.59 Å². The molecule has 0 heterocycles. The molecule has 0 aliphatic heterocycles. The second-order valence-electron chi connectivity index (χ2n) is 4.71. The Morgan fingerprint density at radius 3 is 2.71 bits per heavy atom. The number of ether oxygens (including phenoxy) is 2. The molecule has 0 aliphatic carbocycles. The molecule has 24 heavy (non-hydrogen) atoms. The number of carbonyl (C=O) groups excluding carboxylic acids is 2. The minimum absolute atomic E-state index is 0.359. The number of hydrazone groups is 1. The standard InChI is InChI=1S/C17H15BrN2O4/c1-11(21)24-14-5-3-4-12(8-14)10-19-20-17(22)15-9-13(18)6-7-16(15)23-2/h3-10H,1-2H3,(H,20,22)/b19-10-. The van der Waals surface area contributed by atoms with Gasteiger partial charge in [0.25, 0.3) is 5.91 Å². The second kappa shape index (κ2) is 8.26. The van der Waals surface area contributed by atoms with Gasteiger partial charge in [0, 0.05) is 11.4 Å². The third-order valence-corrected chi connectivity index (χ3v) is 3.40. The zero-order valence-electron chi connectivity index (χ0n) is 13.1. The average molecular weight is 391 g/mol. The van der Waals surface area contributed by atoms with Crippen LogP contribution in [-0.4, -0.2) is 25.2 Å². The van der Waals surface area contributed by atoms with Crippen LogP contribution in [0.2, 0.25) is 0 Å². The van der Waals surface area contributed by atoms with Crippen LogP contribution in [0.15, 0.2) is 52.0 Å². The van der Waals surface area contributed by atoms with Crippen molar-refractivity contribution in [3.8, 4) is 11.5 Å². The number of methoxy groups -OCH3 is 1. The van der Waals surface area contributed by atoms with E-state index < -0.39 is 11.9 Å². The predicted octanol–water partition coefficient (Wildman–Crippen LogP) is 3.15. The number of nitrogens with one attached hydrogen (secondary N) is 1. The summed E-state index contributed by atoms with van der Waals surface area (Å²) in [5.74, 6) is 0.0499. The molecule has 0 aliphatic rings. The lowest BCUT2D eigenvalue weighted by atomic mass is 10.2. The normalized spacial score (nSPS) is 10.5. The Hall–Kier alpha value is -2.67. The quantitative estimate of drug-likeness (QED) is 0.368. The van der Waals surface area contributed by atoms with Gasteiger partial charge in [0.2, 0.25) is 0 Å². The van der Waals surface area contributed by atoms with E-state index in [1.54, 1.807) is 42.5 Å². The number of nitrogens with zero attached hydrogens (tertiary/aromatic N) is 1. The number of esters is 1. The molecule has 0 saturated carbocycles. The summed E-state index contributed by atoms with van der Waals surface area (Å²) in [6.07, 6.45) is 1.45. The molecule has 124 valence electrons. The summed E-state index contributed by atoms with van der Waals surface area (Å²) in [6.45, 7) is 1.33. The SMILES string of the molecule is COc1ccc(Br)cc1C(=O)N/N=C\c1cccc(OC(C)=O)c1. The first-order chi connectivity index (χ1) is 11.5. The first-order valence-corrected chi connectivity index (χ1v) is 7.74. The summed E-state index contributed by atoms with van der Waals surface area (Å²) in [6, 6.07) is 11.9. The van der Waals surface area contributed by atoms with Crippen molar-refractivity contribution in [3.05, 3.63) is 58.1 Å². The maximum absolute atomic E-state index is 12.2. The molecule has 0 radical (unpaired) electrons. The van der Waals surface area contributed by atoms with Crippen LogP contribution in [0.25, 0.3) is 0 Å². The van der Waals surface area contributed by atoms with E-state index in [1.165, 1.54) is 20.2 Å². The van der Waals surface area contributed by atoms with Gasteiger partial charge < -0.3 is 9.47 Å². The minimum atomic E-state index is -0.404. The lowest BCUT2D eigenvalue weighted by Gasteiger charge is -2.07. The molecule has 6 nitrogen and oxygen atoms in total. The molecular weight excluding hydrogens is 376 g/mol. The Balaban J connectivity index is 2.07. The first-order valence-electron chi connectivity index (χ1n) is 6.95.